The van der Waals surface area contributed by atoms with Crippen molar-refractivity contribution in [2.75, 3.05) is 6.54 Å². The van der Waals surface area contributed by atoms with Crippen LogP contribution >= 0.6 is 0 Å². The van der Waals surface area contributed by atoms with Crippen molar-refractivity contribution in [1.29, 1.82) is 0 Å². The molecular formula is C3H8K3NO3Si. The van der Waals surface area contributed by atoms with E-state index in [0.717, 1.165) is 0 Å². The summed E-state index contributed by atoms with van der Waals surface area (Å²) in [6.45, 7) is 0.265. The molecule has 4 nitrogen and oxygen atoms in total. The molecular weight excluding hydrogens is 243 g/mol. The summed E-state index contributed by atoms with van der Waals surface area (Å²) >= 11 is 0. The van der Waals surface area contributed by atoms with Gasteiger partial charge in [-0.2, -0.15) is 0 Å². The van der Waals surface area contributed by atoms with Crippen molar-refractivity contribution in [2.24, 2.45) is 5.73 Å². The summed E-state index contributed by atoms with van der Waals surface area (Å²) in [6, 6.07) is -0.288. The molecule has 0 fully saturated rings. The molecule has 2 N–H and O–H groups in total. The first-order chi connectivity index (χ1) is 3.56. The van der Waals surface area contributed by atoms with Crippen LogP contribution in [0.15, 0.2) is 0 Å². The van der Waals surface area contributed by atoms with Gasteiger partial charge in [-0.15, -0.1) is 6.04 Å². The van der Waals surface area contributed by atoms with Crippen LogP contribution in [0.5, 0.6) is 0 Å². The van der Waals surface area contributed by atoms with E-state index >= 15 is 0 Å². The molecule has 0 saturated heterocycles. The fourth-order valence-electron chi connectivity index (χ4n) is 0.319. The van der Waals surface area contributed by atoms with Crippen LogP contribution in [-0.2, 0) is 0 Å². The minimum Gasteiger partial charge on any atom is -0.881 e. The van der Waals surface area contributed by atoms with Crippen molar-refractivity contribution in [3.8, 4) is 0 Å². The van der Waals surface area contributed by atoms with Gasteiger partial charge in [0.05, 0.1) is 0 Å². The molecule has 0 aromatic heterocycles. The van der Waals surface area contributed by atoms with Crippen molar-refractivity contribution in [1.82, 2.24) is 0 Å². The number of nitrogens with two attached hydrogens (primary N) is 1. The third-order valence-electron chi connectivity index (χ3n) is 0.687. The zero-order valence-electron chi connectivity index (χ0n) is 7.42. The molecule has 0 unspecified atom stereocenters. The monoisotopic (exact) mass is 251 g/mol. The van der Waals surface area contributed by atoms with Crippen LogP contribution in [0.4, 0.5) is 0 Å². The number of rotatable bonds is 3. The Hall–Kier alpha value is 4.97. The van der Waals surface area contributed by atoms with E-state index in [9.17, 15) is 14.4 Å². The standard InChI is InChI=1S/C3H8NO3Si.3K/c4-2-1-3-8(5,6)7;;;/h1-4H2;;;/q-3;3*+1. The third-order valence-corrected chi connectivity index (χ3v) is 1.65. The quantitative estimate of drug-likeness (QED) is 0.504. The van der Waals surface area contributed by atoms with E-state index in [1.165, 1.54) is 0 Å². The smallest absolute Gasteiger partial charge is 0.881 e. The van der Waals surface area contributed by atoms with Gasteiger partial charge in [-0.25, -0.2) is 0 Å². The molecule has 0 aromatic rings. The van der Waals surface area contributed by atoms with Crippen molar-refractivity contribution in [3.05, 3.63) is 0 Å². The van der Waals surface area contributed by atoms with Crippen LogP contribution in [0.1, 0.15) is 6.42 Å². The summed E-state index contributed by atoms with van der Waals surface area (Å²) in [6.07, 6.45) is 0.280. The second kappa shape index (κ2) is 15.0. The fraction of sp³-hybridized carbons (Fsp3) is 1.00. The number of hydrogen-bond acceptors (Lipinski definition) is 4. The Bertz CT molecular complexity index is 71.3. The van der Waals surface area contributed by atoms with Crippen molar-refractivity contribution in [2.45, 2.75) is 12.5 Å². The van der Waals surface area contributed by atoms with Crippen LogP contribution < -0.4 is 174 Å². The van der Waals surface area contributed by atoms with Crippen molar-refractivity contribution < 1.29 is 169 Å². The minimum atomic E-state index is -4.51. The summed E-state index contributed by atoms with van der Waals surface area (Å²) in [5.74, 6) is 0. The van der Waals surface area contributed by atoms with Gasteiger partial charge in [0, 0.05) is 0 Å². The maximum atomic E-state index is 9.83. The van der Waals surface area contributed by atoms with Gasteiger partial charge in [-0.05, 0) is 13.0 Å². The summed E-state index contributed by atoms with van der Waals surface area (Å²) in [7, 11) is -4.51. The minimum absolute atomic E-state index is 0. The van der Waals surface area contributed by atoms with Crippen LogP contribution in [0, 0.1) is 0 Å². The van der Waals surface area contributed by atoms with Crippen LogP contribution in [0.2, 0.25) is 6.04 Å². The summed E-state index contributed by atoms with van der Waals surface area (Å²) in [5, 5.41) is 0. The Balaban J connectivity index is -0.0000000817. The maximum absolute atomic E-state index is 9.83. The molecule has 0 bridgehead atoms. The van der Waals surface area contributed by atoms with Gasteiger partial charge in [-0.1, -0.05) is 0 Å². The second-order valence-electron chi connectivity index (χ2n) is 1.58. The normalized spacial score (nSPS) is 8.73. The molecule has 0 aliphatic rings. The Morgan fingerprint density at radius 2 is 1.36 bits per heavy atom. The predicted octanol–water partition coefficient (Wildman–Crippen LogP) is -12.6. The molecule has 0 aliphatic heterocycles. The van der Waals surface area contributed by atoms with Crippen molar-refractivity contribution >= 4 is 8.80 Å². The summed E-state index contributed by atoms with van der Waals surface area (Å²) in [5.41, 5.74) is 4.94. The zero-order chi connectivity index (χ0) is 6.62. The molecule has 0 aromatic carbocycles. The zero-order valence-corrected chi connectivity index (χ0v) is 17.8. The van der Waals surface area contributed by atoms with Crippen LogP contribution in [0.25, 0.3) is 0 Å². The molecule has 0 spiro atoms. The molecule has 0 heterocycles. The molecule has 0 rings (SSSR count). The van der Waals surface area contributed by atoms with Crippen LogP contribution in [-0.4, -0.2) is 15.3 Å². The molecule has 0 atom stereocenters. The van der Waals surface area contributed by atoms with Gasteiger partial charge < -0.3 is 20.1 Å². The largest absolute Gasteiger partial charge is 1.00 e. The van der Waals surface area contributed by atoms with Crippen LogP contribution in [0.3, 0.4) is 0 Å². The Morgan fingerprint density at radius 3 is 1.45 bits per heavy atom. The Morgan fingerprint density at radius 1 is 1.00 bits per heavy atom. The first kappa shape index (κ1) is 25.0. The SMILES string of the molecule is NCCC[Si]([O-])([O-])[O-].[K+].[K+].[K+]. The van der Waals surface area contributed by atoms with E-state index in [0.29, 0.717) is 0 Å². The van der Waals surface area contributed by atoms with Crippen molar-refractivity contribution in [3.63, 3.8) is 0 Å². The van der Waals surface area contributed by atoms with Gasteiger partial charge in [-0.3, -0.25) is 8.80 Å². The van der Waals surface area contributed by atoms with E-state index in [1.807, 2.05) is 0 Å². The van der Waals surface area contributed by atoms with Gasteiger partial charge in [0.1, 0.15) is 0 Å². The Kier molecular flexibility index (Phi) is 34.0. The topological polar surface area (TPSA) is 95.2 Å². The predicted molar refractivity (Wildman–Crippen MR) is 24.2 cm³/mol. The van der Waals surface area contributed by atoms with Gasteiger partial charge in [0.2, 0.25) is 0 Å². The van der Waals surface area contributed by atoms with E-state index in [4.69, 9.17) is 5.73 Å². The molecule has 11 heavy (non-hydrogen) atoms. The summed E-state index contributed by atoms with van der Waals surface area (Å²) in [4.78, 5) is 29.5. The average molecular weight is 251 g/mol. The molecule has 50 valence electrons. The number of hydrogen-bond donors (Lipinski definition) is 1. The maximum Gasteiger partial charge on any atom is 1.00 e. The van der Waals surface area contributed by atoms with E-state index < -0.39 is 8.80 Å². The summed E-state index contributed by atoms with van der Waals surface area (Å²) < 4.78 is 0. The van der Waals surface area contributed by atoms with Gasteiger partial charge in [0.15, 0.2) is 0 Å². The van der Waals surface area contributed by atoms with Gasteiger partial charge >= 0.3 is 154 Å². The second-order valence-corrected chi connectivity index (χ2v) is 3.44. The van der Waals surface area contributed by atoms with E-state index in [1.54, 1.807) is 0 Å². The first-order valence-electron chi connectivity index (χ1n) is 2.37. The Labute approximate surface area is 196 Å². The molecule has 8 heteroatoms. The van der Waals surface area contributed by atoms with E-state index in [-0.39, 0.29) is 173 Å². The molecule has 0 radical (unpaired) electrons. The van der Waals surface area contributed by atoms with E-state index in [2.05, 4.69) is 0 Å². The molecule has 0 saturated carbocycles. The average Bonchev–Trinajstić information content (AvgIpc) is 1.59. The van der Waals surface area contributed by atoms with Gasteiger partial charge in [0.25, 0.3) is 0 Å². The molecule has 0 amide bonds. The fourth-order valence-corrected chi connectivity index (χ4v) is 0.956. The molecule has 0 aliphatic carbocycles. The third kappa shape index (κ3) is 25.3. The first-order valence-corrected chi connectivity index (χ1v) is 4.31.